The van der Waals surface area contributed by atoms with E-state index in [-0.39, 0.29) is 29.6 Å². The van der Waals surface area contributed by atoms with Crippen LogP contribution >= 0.6 is 0 Å². The van der Waals surface area contributed by atoms with Gasteiger partial charge in [0.2, 0.25) is 0 Å². The first kappa shape index (κ1) is 25.9. The van der Waals surface area contributed by atoms with E-state index < -0.39 is 49.4 Å². The fourth-order valence-corrected chi connectivity index (χ4v) is 4.14. The van der Waals surface area contributed by atoms with E-state index in [0.29, 0.717) is 18.4 Å². The van der Waals surface area contributed by atoms with Gasteiger partial charge in [0, 0.05) is 5.56 Å². The highest BCUT2D eigenvalue weighted by molar-refractivity contribution is 5.94. The number of benzene rings is 2. The van der Waals surface area contributed by atoms with E-state index in [1.165, 1.54) is 25.3 Å². The van der Waals surface area contributed by atoms with Crippen LogP contribution in [0.1, 0.15) is 45.2 Å². The second kappa shape index (κ2) is 11.2. The highest BCUT2D eigenvalue weighted by atomic mass is 16.7. The fraction of sp³-hybridized carbons (Fsp3) is 0.440. The van der Waals surface area contributed by atoms with Crippen LogP contribution in [0.2, 0.25) is 0 Å². The molecule has 4 N–H and O–H groups in total. The molecule has 2 heterocycles. The van der Waals surface area contributed by atoms with Crippen molar-refractivity contribution in [2.75, 3.05) is 20.3 Å². The largest absolute Gasteiger partial charge is 0.504 e. The van der Waals surface area contributed by atoms with Crippen LogP contribution in [-0.2, 0) is 18.9 Å². The van der Waals surface area contributed by atoms with Gasteiger partial charge >= 0.3 is 11.9 Å². The summed E-state index contributed by atoms with van der Waals surface area (Å²) in [5.41, 5.74) is 1.44. The van der Waals surface area contributed by atoms with Crippen molar-refractivity contribution in [1.82, 2.24) is 0 Å². The number of esters is 2. The second-order valence-corrected chi connectivity index (χ2v) is 8.49. The summed E-state index contributed by atoms with van der Waals surface area (Å²) in [5.74, 6) is -1.20. The van der Waals surface area contributed by atoms with Gasteiger partial charge in [0.1, 0.15) is 37.1 Å². The van der Waals surface area contributed by atoms with Crippen LogP contribution in [0.25, 0.3) is 0 Å². The molecule has 0 bridgehead atoms. The zero-order valence-electron chi connectivity index (χ0n) is 19.5. The lowest BCUT2D eigenvalue weighted by Crippen LogP contribution is -2.59. The van der Waals surface area contributed by atoms with Crippen LogP contribution in [0, 0.1) is 0 Å². The van der Waals surface area contributed by atoms with Crippen molar-refractivity contribution in [3.8, 4) is 11.5 Å². The zero-order chi connectivity index (χ0) is 25.8. The number of phenols is 1. The maximum atomic E-state index is 12.4. The number of aliphatic hydroxyl groups excluding tert-OH is 3. The summed E-state index contributed by atoms with van der Waals surface area (Å²) >= 11 is 0. The van der Waals surface area contributed by atoms with Crippen molar-refractivity contribution in [1.29, 1.82) is 0 Å². The number of phenolic OH excluding ortho intramolecular Hbond substituents is 1. The van der Waals surface area contributed by atoms with E-state index in [0.717, 1.165) is 5.56 Å². The lowest BCUT2D eigenvalue weighted by atomic mass is 9.99. The molecule has 0 aliphatic carbocycles. The van der Waals surface area contributed by atoms with Crippen LogP contribution in [0.3, 0.4) is 0 Å². The first-order valence-corrected chi connectivity index (χ1v) is 11.5. The minimum absolute atomic E-state index is 0.0845. The number of rotatable bonds is 9. The molecule has 4 rings (SSSR count). The summed E-state index contributed by atoms with van der Waals surface area (Å²) < 4.78 is 26.7. The summed E-state index contributed by atoms with van der Waals surface area (Å²) in [4.78, 5) is 24.3. The van der Waals surface area contributed by atoms with Crippen LogP contribution in [0.5, 0.6) is 11.5 Å². The van der Waals surface area contributed by atoms with Gasteiger partial charge < -0.3 is 44.1 Å². The molecular formula is C25H28O11. The lowest BCUT2D eigenvalue weighted by Gasteiger charge is -2.40. The summed E-state index contributed by atoms with van der Waals surface area (Å²) in [5, 5.41) is 40.4. The zero-order valence-corrected chi connectivity index (χ0v) is 19.5. The number of ether oxygens (including phenoxy) is 5. The van der Waals surface area contributed by atoms with Gasteiger partial charge in [-0.25, -0.2) is 9.59 Å². The SMILES string of the molecule is COc1cc(C(=O)OCC2OC(OCCCC3OC(=O)c4ccccc43)C(O)C(O)C2O)ccc1O. The second-order valence-electron chi connectivity index (χ2n) is 8.49. The average Bonchev–Trinajstić information content (AvgIpc) is 3.21. The van der Waals surface area contributed by atoms with Crippen molar-refractivity contribution < 1.29 is 53.7 Å². The molecule has 6 atom stereocenters. The Balaban J connectivity index is 1.28. The van der Waals surface area contributed by atoms with Gasteiger partial charge in [0.05, 0.1) is 24.8 Å². The van der Waals surface area contributed by atoms with E-state index in [9.17, 15) is 30.0 Å². The molecule has 0 saturated carbocycles. The molecule has 6 unspecified atom stereocenters. The first-order valence-electron chi connectivity index (χ1n) is 11.5. The number of carbonyl (C=O) groups excluding carboxylic acids is 2. The van der Waals surface area contributed by atoms with Crippen molar-refractivity contribution in [2.24, 2.45) is 0 Å². The number of fused-ring (bicyclic) bond motifs is 1. The molecule has 0 amide bonds. The van der Waals surface area contributed by atoms with E-state index in [1.54, 1.807) is 12.1 Å². The van der Waals surface area contributed by atoms with E-state index in [4.69, 9.17) is 23.7 Å². The highest BCUT2D eigenvalue weighted by Crippen LogP contribution is 2.34. The molecule has 36 heavy (non-hydrogen) atoms. The Morgan fingerprint density at radius 3 is 2.61 bits per heavy atom. The molecule has 11 nitrogen and oxygen atoms in total. The Morgan fingerprint density at radius 2 is 1.83 bits per heavy atom. The number of aromatic hydroxyl groups is 1. The molecule has 0 radical (unpaired) electrons. The summed E-state index contributed by atoms with van der Waals surface area (Å²) in [6.45, 7) is -0.317. The molecule has 194 valence electrons. The molecule has 0 aromatic heterocycles. The molecular weight excluding hydrogens is 476 g/mol. The normalized spacial score (nSPS) is 27.3. The molecule has 2 aliphatic rings. The van der Waals surface area contributed by atoms with E-state index in [1.807, 2.05) is 12.1 Å². The Hall–Kier alpha value is -3.22. The predicted octanol–water partition coefficient (Wildman–Crippen LogP) is 1.07. The summed E-state index contributed by atoms with van der Waals surface area (Å²) in [6.07, 6.45) is -6.56. The molecule has 0 spiro atoms. The minimum atomic E-state index is -1.59. The number of hydrogen-bond donors (Lipinski definition) is 4. The highest BCUT2D eigenvalue weighted by Gasteiger charge is 2.45. The van der Waals surface area contributed by atoms with E-state index >= 15 is 0 Å². The van der Waals surface area contributed by atoms with Gasteiger partial charge in [-0.05, 0) is 37.1 Å². The molecule has 1 saturated heterocycles. The predicted molar refractivity (Wildman–Crippen MR) is 121 cm³/mol. The van der Waals surface area contributed by atoms with Gasteiger partial charge in [0.15, 0.2) is 17.8 Å². The number of hydrogen-bond acceptors (Lipinski definition) is 11. The summed E-state index contributed by atoms with van der Waals surface area (Å²) in [6, 6.07) is 11.0. The van der Waals surface area contributed by atoms with Crippen LogP contribution < -0.4 is 4.74 Å². The third-order valence-corrected chi connectivity index (χ3v) is 6.13. The van der Waals surface area contributed by atoms with Crippen molar-refractivity contribution in [3.05, 3.63) is 59.2 Å². The number of aliphatic hydroxyl groups is 3. The Kier molecular flexibility index (Phi) is 8.07. The van der Waals surface area contributed by atoms with Gasteiger partial charge in [-0.2, -0.15) is 0 Å². The smallest absolute Gasteiger partial charge is 0.339 e. The van der Waals surface area contributed by atoms with Crippen molar-refractivity contribution in [2.45, 2.75) is 49.7 Å². The standard InChI is InChI=1S/C25H28O11/c1-32-18-11-13(8-9-16(18)26)23(30)34-12-19-20(27)21(28)22(29)25(36-19)33-10-4-7-17-14-5-2-3-6-15(14)24(31)35-17/h2-3,5-6,8-9,11,17,19-22,25-29H,4,7,10,12H2,1H3. The topological polar surface area (TPSA) is 161 Å². The fourth-order valence-electron chi connectivity index (χ4n) is 4.14. The average molecular weight is 504 g/mol. The Morgan fingerprint density at radius 1 is 1.06 bits per heavy atom. The van der Waals surface area contributed by atoms with Crippen molar-refractivity contribution >= 4 is 11.9 Å². The molecule has 11 heteroatoms. The lowest BCUT2D eigenvalue weighted by molar-refractivity contribution is -0.301. The summed E-state index contributed by atoms with van der Waals surface area (Å²) in [7, 11) is 1.34. The number of cyclic esters (lactones) is 1. The van der Waals surface area contributed by atoms with Crippen LogP contribution in [0.15, 0.2) is 42.5 Å². The first-order chi connectivity index (χ1) is 17.3. The quantitative estimate of drug-likeness (QED) is 0.286. The van der Waals surface area contributed by atoms with Gasteiger partial charge in [0.25, 0.3) is 0 Å². The van der Waals surface area contributed by atoms with Crippen LogP contribution in [0.4, 0.5) is 0 Å². The maximum Gasteiger partial charge on any atom is 0.339 e. The Bertz CT molecular complexity index is 1090. The van der Waals surface area contributed by atoms with Gasteiger partial charge in [-0.15, -0.1) is 0 Å². The molecule has 2 aromatic rings. The van der Waals surface area contributed by atoms with Crippen LogP contribution in [-0.4, -0.2) is 83.4 Å². The number of methoxy groups -OCH3 is 1. The third-order valence-electron chi connectivity index (χ3n) is 6.13. The molecule has 2 aromatic carbocycles. The van der Waals surface area contributed by atoms with Gasteiger partial charge in [-0.1, -0.05) is 18.2 Å². The third kappa shape index (κ3) is 5.45. The van der Waals surface area contributed by atoms with Gasteiger partial charge in [-0.3, -0.25) is 0 Å². The van der Waals surface area contributed by atoms with E-state index in [2.05, 4.69) is 0 Å². The minimum Gasteiger partial charge on any atom is -0.504 e. The monoisotopic (exact) mass is 504 g/mol. The molecule has 2 aliphatic heterocycles. The molecule has 1 fully saturated rings. The Labute approximate surface area is 206 Å². The maximum absolute atomic E-state index is 12.4. The number of carbonyl (C=O) groups is 2. The van der Waals surface area contributed by atoms with Crippen molar-refractivity contribution in [3.63, 3.8) is 0 Å².